The highest BCUT2D eigenvalue weighted by Gasteiger charge is 2.33. The van der Waals surface area contributed by atoms with E-state index in [-0.39, 0.29) is 11.6 Å². The van der Waals surface area contributed by atoms with E-state index in [0.717, 1.165) is 24.7 Å². The summed E-state index contributed by atoms with van der Waals surface area (Å²) in [6, 6.07) is 17.0. The van der Waals surface area contributed by atoms with Crippen LogP contribution >= 0.6 is 0 Å². The molecular formula is C24H29N5O. The van der Waals surface area contributed by atoms with E-state index >= 15 is 0 Å². The number of imidazole rings is 1. The summed E-state index contributed by atoms with van der Waals surface area (Å²) < 4.78 is 8.20. The third kappa shape index (κ3) is 4.82. The van der Waals surface area contributed by atoms with Gasteiger partial charge < -0.3 is 19.9 Å². The van der Waals surface area contributed by atoms with Crippen LogP contribution in [0.2, 0.25) is 0 Å². The first-order chi connectivity index (χ1) is 14.5. The Morgan fingerprint density at radius 3 is 2.67 bits per heavy atom. The van der Waals surface area contributed by atoms with Crippen LogP contribution in [-0.2, 0) is 13.1 Å². The Kier molecular flexibility index (Phi) is 5.74. The number of nitrogens with one attached hydrogen (secondary N) is 2. The number of fused-ring (bicyclic) bond motifs is 1. The number of rotatable bonds is 5. The van der Waals surface area contributed by atoms with Crippen LogP contribution in [0.25, 0.3) is 0 Å². The van der Waals surface area contributed by atoms with Gasteiger partial charge in [0.2, 0.25) is 0 Å². The lowest BCUT2D eigenvalue weighted by Gasteiger charge is -2.38. The van der Waals surface area contributed by atoms with Crippen molar-refractivity contribution in [2.75, 3.05) is 7.05 Å². The van der Waals surface area contributed by atoms with Crippen molar-refractivity contribution in [3.05, 3.63) is 83.9 Å². The Morgan fingerprint density at radius 2 is 1.93 bits per heavy atom. The molecule has 0 saturated heterocycles. The first kappa shape index (κ1) is 20.0. The highest BCUT2D eigenvalue weighted by atomic mass is 16.5. The van der Waals surface area contributed by atoms with Crippen LogP contribution in [-0.4, -0.2) is 28.2 Å². The quantitative estimate of drug-likeness (QED) is 0.501. The molecule has 4 rings (SSSR count). The zero-order valence-corrected chi connectivity index (χ0v) is 17.8. The van der Waals surface area contributed by atoms with Gasteiger partial charge in [-0.1, -0.05) is 42.5 Å². The van der Waals surface area contributed by atoms with E-state index in [9.17, 15) is 0 Å². The van der Waals surface area contributed by atoms with Gasteiger partial charge in [-0.15, -0.1) is 0 Å². The molecule has 2 N–H and O–H groups in total. The second-order valence-corrected chi connectivity index (χ2v) is 8.28. The molecule has 0 spiro atoms. The monoisotopic (exact) mass is 403 g/mol. The molecule has 0 aliphatic carbocycles. The Labute approximate surface area is 178 Å². The van der Waals surface area contributed by atoms with Crippen LogP contribution in [0.1, 0.15) is 43.0 Å². The maximum absolute atomic E-state index is 6.14. The van der Waals surface area contributed by atoms with Crippen LogP contribution in [0, 0.1) is 0 Å². The van der Waals surface area contributed by atoms with Crippen LogP contribution < -0.4 is 15.4 Å². The molecule has 6 heteroatoms. The van der Waals surface area contributed by atoms with Crippen molar-refractivity contribution in [2.24, 2.45) is 4.99 Å². The van der Waals surface area contributed by atoms with Crippen LogP contribution in [0.15, 0.2) is 72.2 Å². The number of aromatic nitrogens is 2. The van der Waals surface area contributed by atoms with Crippen LogP contribution in [0.4, 0.5) is 0 Å². The minimum absolute atomic E-state index is 0.147. The topological polar surface area (TPSA) is 63.5 Å². The smallest absolute Gasteiger partial charge is 0.191 e. The van der Waals surface area contributed by atoms with E-state index in [1.54, 1.807) is 13.2 Å². The van der Waals surface area contributed by atoms with Gasteiger partial charge in [-0.2, -0.15) is 0 Å². The van der Waals surface area contributed by atoms with Gasteiger partial charge in [0.15, 0.2) is 5.96 Å². The number of hydrogen-bond acceptors (Lipinski definition) is 3. The number of benzene rings is 2. The molecule has 0 fully saturated rings. The van der Waals surface area contributed by atoms with Crippen molar-refractivity contribution in [1.29, 1.82) is 0 Å². The van der Waals surface area contributed by atoms with Gasteiger partial charge in [0.1, 0.15) is 11.4 Å². The molecule has 0 radical (unpaired) electrons. The van der Waals surface area contributed by atoms with Crippen molar-refractivity contribution in [1.82, 2.24) is 20.2 Å². The zero-order valence-electron chi connectivity index (χ0n) is 17.8. The average molecular weight is 404 g/mol. The summed E-state index contributed by atoms with van der Waals surface area (Å²) in [4.78, 5) is 8.52. The Hall–Kier alpha value is -3.28. The van der Waals surface area contributed by atoms with Crippen LogP contribution in [0.5, 0.6) is 5.75 Å². The molecule has 1 atom stereocenters. The van der Waals surface area contributed by atoms with Gasteiger partial charge in [-0.25, -0.2) is 4.98 Å². The van der Waals surface area contributed by atoms with E-state index in [1.807, 2.05) is 24.7 Å². The summed E-state index contributed by atoms with van der Waals surface area (Å²) in [6.45, 7) is 5.79. The maximum atomic E-state index is 6.14. The van der Waals surface area contributed by atoms with Crippen molar-refractivity contribution < 1.29 is 4.74 Å². The normalized spacial score (nSPS) is 17.7. The van der Waals surface area contributed by atoms with Gasteiger partial charge in [-0.05, 0) is 31.0 Å². The van der Waals surface area contributed by atoms with Crippen molar-refractivity contribution >= 4 is 5.96 Å². The molecule has 6 nitrogen and oxygen atoms in total. The maximum Gasteiger partial charge on any atom is 0.191 e. The highest BCUT2D eigenvalue weighted by molar-refractivity contribution is 5.80. The van der Waals surface area contributed by atoms with Crippen molar-refractivity contribution in [2.45, 2.75) is 45.0 Å². The van der Waals surface area contributed by atoms with Crippen LogP contribution in [0.3, 0.4) is 0 Å². The molecule has 3 aromatic rings. The molecule has 1 aliphatic rings. The predicted octanol–water partition coefficient (Wildman–Crippen LogP) is 3.90. The van der Waals surface area contributed by atoms with E-state index in [2.05, 4.69) is 75.4 Å². The standard InChI is InChI=1S/C24H29N5O/c1-24(2)14-21(20-6-4-5-7-22(20)30-24)28-23(25-3)27-15-18-8-10-19(11-9-18)16-29-13-12-26-17-29/h4-13,17,21H,14-16H2,1-3H3,(H2,25,27,28). The average Bonchev–Trinajstić information content (AvgIpc) is 3.24. The van der Waals surface area contributed by atoms with Crippen molar-refractivity contribution in [3.63, 3.8) is 0 Å². The fourth-order valence-electron chi connectivity index (χ4n) is 3.83. The molecule has 156 valence electrons. The molecular weight excluding hydrogens is 374 g/mol. The molecule has 0 amide bonds. The molecule has 2 heterocycles. The Bertz CT molecular complexity index is 993. The summed E-state index contributed by atoms with van der Waals surface area (Å²) in [7, 11) is 1.81. The lowest BCUT2D eigenvalue weighted by Crippen LogP contribution is -2.45. The summed E-state index contributed by atoms with van der Waals surface area (Å²) in [5, 5.41) is 7.02. The lowest BCUT2D eigenvalue weighted by molar-refractivity contribution is 0.0694. The zero-order chi connectivity index (χ0) is 21.0. The number of ether oxygens (including phenoxy) is 1. The van der Waals surface area contributed by atoms with E-state index < -0.39 is 0 Å². The number of guanidine groups is 1. The van der Waals surface area contributed by atoms with Gasteiger partial charge >= 0.3 is 0 Å². The van der Waals surface area contributed by atoms with E-state index in [0.29, 0.717) is 6.54 Å². The Balaban J connectivity index is 1.37. The van der Waals surface area contributed by atoms with E-state index in [4.69, 9.17) is 4.74 Å². The summed E-state index contributed by atoms with van der Waals surface area (Å²) in [5.74, 6) is 1.73. The number of para-hydroxylation sites is 1. The molecule has 0 bridgehead atoms. The summed E-state index contributed by atoms with van der Waals surface area (Å²) in [5.41, 5.74) is 3.40. The van der Waals surface area contributed by atoms with Crippen molar-refractivity contribution in [3.8, 4) is 5.75 Å². The third-order valence-electron chi connectivity index (χ3n) is 5.32. The number of hydrogen-bond donors (Lipinski definition) is 2. The molecule has 2 aromatic carbocycles. The van der Waals surface area contributed by atoms with E-state index in [1.165, 1.54) is 16.7 Å². The molecule has 0 saturated carbocycles. The highest BCUT2D eigenvalue weighted by Crippen LogP contribution is 2.39. The number of aliphatic imine (C=N–C) groups is 1. The number of nitrogens with zero attached hydrogens (tertiary/aromatic N) is 3. The SMILES string of the molecule is CN=C(NCc1ccc(Cn2ccnc2)cc1)NC1CC(C)(C)Oc2ccccc21. The minimum Gasteiger partial charge on any atom is -0.487 e. The molecule has 1 aromatic heterocycles. The van der Waals surface area contributed by atoms with Gasteiger partial charge in [-0.3, -0.25) is 4.99 Å². The summed E-state index contributed by atoms with van der Waals surface area (Å²) in [6.07, 6.45) is 6.48. The third-order valence-corrected chi connectivity index (χ3v) is 5.32. The second-order valence-electron chi connectivity index (χ2n) is 8.28. The molecule has 30 heavy (non-hydrogen) atoms. The fraction of sp³-hybridized carbons (Fsp3) is 0.333. The van der Waals surface area contributed by atoms with Gasteiger partial charge in [0.25, 0.3) is 0 Å². The lowest BCUT2D eigenvalue weighted by atomic mass is 9.90. The molecule has 1 unspecified atom stereocenters. The fourth-order valence-corrected chi connectivity index (χ4v) is 3.83. The Morgan fingerprint density at radius 1 is 1.17 bits per heavy atom. The first-order valence-electron chi connectivity index (χ1n) is 10.3. The second kappa shape index (κ2) is 8.61. The van der Waals surface area contributed by atoms with Gasteiger partial charge in [0.05, 0.1) is 12.4 Å². The summed E-state index contributed by atoms with van der Waals surface area (Å²) >= 11 is 0. The minimum atomic E-state index is -0.226. The van der Waals surface area contributed by atoms with Gasteiger partial charge in [0, 0.05) is 44.5 Å². The molecule has 1 aliphatic heterocycles. The predicted molar refractivity (Wildman–Crippen MR) is 120 cm³/mol. The largest absolute Gasteiger partial charge is 0.487 e. The first-order valence-corrected chi connectivity index (χ1v) is 10.3.